The van der Waals surface area contributed by atoms with Gasteiger partial charge in [0, 0.05) is 5.92 Å². The normalized spacial score (nSPS) is 34.3. The first-order chi connectivity index (χ1) is 12.6. The number of benzene rings is 1. The summed E-state index contributed by atoms with van der Waals surface area (Å²) >= 11 is 5.05. The van der Waals surface area contributed by atoms with E-state index in [2.05, 4.69) is 26.2 Å². The first-order valence-corrected chi connectivity index (χ1v) is 10.5. The number of alkyl halides is 1. The Labute approximate surface area is 162 Å². The quantitative estimate of drug-likeness (QED) is 0.587. The number of carbonyl (C=O) groups is 2. The van der Waals surface area contributed by atoms with Crippen LogP contribution in [0.1, 0.15) is 13.3 Å². The molecule has 2 saturated carbocycles. The van der Waals surface area contributed by atoms with Gasteiger partial charge >= 0.3 is 5.97 Å². The van der Waals surface area contributed by atoms with Crippen LogP contribution in [0.4, 0.5) is 5.13 Å². The van der Waals surface area contributed by atoms with Crippen molar-refractivity contribution < 1.29 is 19.1 Å². The van der Waals surface area contributed by atoms with Crippen LogP contribution in [0.15, 0.2) is 18.2 Å². The molecule has 0 unspecified atom stereocenters. The molecule has 2 aliphatic carbocycles. The van der Waals surface area contributed by atoms with E-state index in [0.29, 0.717) is 11.7 Å². The van der Waals surface area contributed by atoms with Gasteiger partial charge < -0.3 is 14.8 Å². The van der Waals surface area contributed by atoms with E-state index in [4.69, 9.17) is 9.47 Å². The second kappa shape index (κ2) is 5.92. The zero-order chi connectivity index (χ0) is 18.0. The minimum atomic E-state index is -0.346. The van der Waals surface area contributed by atoms with Crippen molar-refractivity contribution >= 4 is 54.5 Å². The Hall–Kier alpha value is -1.67. The molecule has 6 atom stereocenters. The third-order valence-electron chi connectivity index (χ3n) is 5.73. The summed E-state index contributed by atoms with van der Waals surface area (Å²) < 4.78 is 11.9. The van der Waals surface area contributed by atoms with Gasteiger partial charge in [-0.3, -0.25) is 9.59 Å². The Morgan fingerprint density at radius 1 is 1.46 bits per heavy atom. The van der Waals surface area contributed by atoms with Gasteiger partial charge in [0.1, 0.15) is 11.9 Å². The number of amides is 1. The number of carbonyl (C=O) groups excluding carboxylic acids is 2. The van der Waals surface area contributed by atoms with Crippen LogP contribution >= 0.6 is 27.3 Å². The highest BCUT2D eigenvalue weighted by atomic mass is 79.9. The van der Waals surface area contributed by atoms with Gasteiger partial charge in [0.05, 0.1) is 33.5 Å². The molecular formula is C18H17BrN2O4S. The number of nitrogens with zero attached hydrogens (tertiary/aromatic N) is 1. The largest absolute Gasteiger partial charge is 0.494 e. The molecule has 1 amide bonds. The van der Waals surface area contributed by atoms with Crippen LogP contribution in [0.25, 0.3) is 10.2 Å². The van der Waals surface area contributed by atoms with Gasteiger partial charge in [0.25, 0.3) is 0 Å². The number of fused-ring (bicyclic) bond motifs is 2. The average Bonchev–Trinajstić information content (AvgIpc) is 3.31. The smallest absolute Gasteiger partial charge is 0.310 e. The summed E-state index contributed by atoms with van der Waals surface area (Å²) in [5.41, 5.74) is 0.820. The van der Waals surface area contributed by atoms with Gasteiger partial charge in [-0.25, -0.2) is 4.98 Å². The van der Waals surface area contributed by atoms with Crippen molar-refractivity contribution in [1.82, 2.24) is 4.98 Å². The molecule has 1 aliphatic heterocycles. The predicted octanol–water partition coefficient (Wildman–Crippen LogP) is 3.20. The van der Waals surface area contributed by atoms with Gasteiger partial charge in [-0.15, -0.1) is 0 Å². The van der Waals surface area contributed by atoms with Gasteiger partial charge in [0.2, 0.25) is 5.91 Å². The summed E-state index contributed by atoms with van der Waals surface area (Å²) in [7, 11) is 0. The van der Waals surface area contributed by atoms with E-state index in [1.165, 1.54) is 11.3 Å². The Kier molecular flexibility index (Phi) is 3.76. The number of rotatable bonds is 4. The lowest BCUT2D eigenvalue weighted by Crippen LogP contribution is -2.40. The molecule has 136 valence electrons. The summed E-state index contributed by atoms with van der Waals surface area (Å²) in [5, 5.41) is 3.48. The molecule has 8 heteroatoms. The van der Waals surface area contributed by atoms with E-state index >= 15 is 0 Å². The number of ether oxygens (including phenoxy) is 2. The Morgan fingerprint density at radius 3 is 3.12 bits per heavy atom. The molecule has 0 spiro atoms. The summed E-state index contributed by atoms with van der Waals surface area (Å²) in [6, 6.07) is 5.69. The maximum Gasteiger partial charge on any atom is 0.310 e. The van der Waals surface area contributed by atoms with E-state index < -0.39 is 0 Å². The third-order valence-corrected chi connectivity index (χ3v) is 7.86. The molecule has 1 saturated heterocycles. The van der Waals surface area contributed by atoms with Crippen molar-refractivity contribution in [2.45, 2.75) is 24.3 Å². The first-order valence-electron chi connectivity index (χ1n) is 8.75. The number of hydrogen-bond acceptors (Lipinski definition) is 6. The summed E-state index contributed by atoms with van der Waals surface area (Å²) in [5.74, 6) is 0.0802. The fourth-order valence-electron chi connectivity index (χ4n) is 4.73. The number of hydrogen-bond donors (Lipinski definition) is 1. The number of nitrogens with one attached hydrogen (secondary N) is 1. The number of esters is 1. The average molecular weight is 437 g/mol. The van der Waals surface area contributed by atoms with Gasteiger partial charge in [-0.1, -0.05) is 27.3 Å². The minimum Gasteiger partial charge on any atom is -0.494 e. The van der Waals surface area contributed by atoms with Crippen LogP contribution < -0.4 is 10.1 Å². The molecule has 26 heavy (non-hydrogen) atoms. The summed E-state index contributed by atoms with van der Waals surface area (Å²) in [6.07, 6.45) is 0.799. The van der Waals surface area contributed by atoms with Crippen LogP contribution in [0.3, 0.4) is 0 Å². The molecule has 5 rings (SSSR count). The van der Waals surface area contributed by atoms with Crippen LogP contribution in [0.2, 0.25) is 0 Å². The third kappa shape index (κ3) is 2.31. The maximum absolute atomic E-state index is 12.9. The first kappa shape index (κ1) is 16.5. The highest BCUT2D eigenvalue weighted by Gasteiger charge is 2.67. The Bertz CT molecular complexity index is 916. The summed E-state index contributed by atoms with van der Waals surface area (Å²) in [6.45, 7) is 2.54. The number of aromatic nitrogens is 1. The molecule has 1 N–H and O–H groups in total. The van der Waals surface area contributed by atoms with Gasteiger partial charge in [0.15, 0.2) is 5.13 Å². The highest BCUT2D eigenvalue weighted by molar-refractivity contribution is 9.09. The second-order valence-electron chi connectivity index (χ2n) is 7.03. The van der Waals surface area contributed by atoms with Crippen molar-refractivity contribution in [1.29, 1.82) is 0 Å². The fourth-order valence-corrected chi connectivity index (χ4v) is 6.68. The van der Waals surface area contributed by atoms with Crippen LogP contribution in [0, 0.1) is 23.7 Å². The van der Waals surface area contributed by atoms with Crippen LogP contribution in [-0.4, -0.2) is 34.4 Å². The minimum absolute atomic E-state index is 0.0649. The lowest BCUT2D eigenvalue weighted by Gasteiger charge is -2.27. The molecule has 0 radical (unpaired) electrons. The lowest BCUT2D eigenvalue weighted by atomic mass is 9.79. The van der Waals surface area contributed by atoms with Crippen LogP contribution in [0.5, 0.6) is 5.75 Å². The molecule has 2 bridgehead atoms. The van der Waals surface area contributed by atoms with E-state index in [1.54, 1.807) is 0 Å². The van der Waals surface area contributed by atoms with E-state index in [0.717, 1.165) is 22.4 Å². The molecule has 3 aliphatic rings. The molecule has 6 nitrogen and oxygen atoms in total. The van der Waals surface area contributed by atoms with Crippen molar-refractivity contribution in [2.24, 2.45) is 23.7 Å². The molecule has 1 aromatic heterocycles. The second-order valence-corrected chi connectivity index (χ2v) is 9.12. The predicted molar refractivity (Wildman–Crippen MR) is 101 cm³/mol. The molecule has 2 heterocycles. The zero-order valence-electron chi connectivity index (χ0n) is 14.0. The van der Waals surface area contributed by atoms with Crippen molar-refractivity contribution in [2.75, 3.05) is 11.9 Å². The molecule has 2 aromatic rings. The number of anilines is 1. The molecule has 1 aromatic carbocycles. The van der Waals surface area contributed by atoms with Crippen molar-refractivity contribution in [3.8, 4) is 5.75 Å². The summed E-state index contributed by atoms with van der Waals surface area (Å²) in [4.78, 5) is 29.7. The van der Waals surface area contributed by atoms with Gasteiger partial charge in [-0.05, 0) is 37.5 Å². The molecule has 3 fully saturated rings. The Morgan fingerprint density at radius 2 is 2.31 bits per heavy atom. The fraction of sp³-hybridized carbons (Fsp3) is 0.500. The zero-order valence-corrected chi connectivity index (χ0v) is 16.4. The monoisotopic (exact) mass is 436 g/mol. The lowest BCUT2D eigenvalue weighted by molar-refractivity contribution is -0.145. The number of halogens is 1. The SMILES string of the molecule is CCOc1ccc2nc(NC(=O)[C@@H]3[C@H]4C[C@H]5[C@H](OC(=O)[C@H]53)[C@H]4Br)sc2c1. The maximum atomic E-state index is 12.9. The van der Waals surface area contributed by atoms with Crippen molar-refractivity contribution in [3.05, 3.63) is 18.2 Å². The topological polar surface area (TPSA) is 77.5 Å². The Balaban J connectivity index is 1.39. The van der Waals surface area contributed by atoms with E-state index in [-0.39, 0.29) is 46.5 Å². The number of thiazole rings is 1. The van der Waals surface area contributed by atoms with E-state index in [1.807, 2.05) is 25.1 Å². The van der Waals surface area contributed by atoms with E-state index in [9.17, 15) is 9.59 Å². The van der Waals surface area contributed by atoms with Gasteiger partial charge in [-0.2, -0.15) is 0 Å². The molecular weight excluding hydrogens is 420 g/mol. The van der Waals surface area contributed by atoms with Crippen LogP contribution in [-0.2, 0) is 14.3 Å². The standard InChI is InChI=1S/C18H17BrN2O4S/c1-2-24-7-3-4-10-11(5-7)26-18(20-10)21-16(22)12-8-6-9-13(12)17(23)25-15(9)14(8)19/h3-5,8-9,12-15H,2,6H2,1H3,(H,20,21,22)/t8-,9-,12-,13-,14+,15+/m1/s1. The highest BCUT2D eigenvalue weighted by Crippen LogP contribution is 2.60. The van der Waals surface area contributed by atoms with Crippen molar-refractivity contribution in [3.63, 3.8) is 0 Å².